The molecule has 4 rings (SSSR count). The zero-order chi connectivity index (χ0) is 24.1. The van der Waals surface area contributed by atoms with Crippen LogP contribution in [0.2, 0.25) is 5.02 Å². The Morgan fingerprint density at radius 2 is 1.73 bits per heavy atom. The largest absolute Gasteiger partial charge is 0.506 e. The minimum atomic E-state index is -4.54. The van der Waals surface area contributed by atoms with Crippen LogP contribution in [0.25, 0.3) is 10.9 Å². The SMILES string of the molecule is Cc1c(C(C(=O)O)C2CCCC2)c2cc(O)c(Cl)cc2n1C(=O)c1ccc(C(F)(F)F)cc1. The molecule has 174 valence electrons. The van der Waals surface area contributed by atoms with E-state index in [0.717, 1.165) is 49.9 Å². The number of rotatable bonds is 4. The molecule has 1 heterocycles. The molecule has 0 aliphatic heterocycles. The van der Waals surface area contributed by atoms with E-state index in [1.165, 1.54) is 16.7 Å². The van der Waals surface area contributed by atoms with Crippen molar-refractivity contribution in [2.45, 2.75) is 44.7 Å². The van der Waals surface area contributed by atoms with Gasteiger partial charge >= 0.3 is 12.1 Å². The van der Waals surface area contributed by atoms with Crippen LogP contribution in [0.5, 0.6) is 5.75 Å². The van der Waals surface area contributed by atoms with Gasteiger partial charge in [-0.2, -0.15) is 13.2 Å². The monoisotopic (exact) mass is 479 g/mol. The Morgan fingerprint density at radius 3 is 2.27 bits per heavy atom. The van der Waals surface area contributed by atoms with Gasteiger partial charge in [-0.3, -0.25) is 14.2 Å². The molecule has 1 fully saturated rings. The van der Waals surface area contributed by atoms with Crippen LogP contribution in [0.1, 0.15) is 58.8 Å². The van der Waals surface area contributed by atoms with E-state index < -0.39 is 29.5 Å². The summed E-state index contributed by atoms with van der Waals surface area (Å²) in [7, 11) is 0. The molecule has 0 bridgehead atoms. The molecule has 5 nitrogen and oxygen atoms in total. The number of benzene rings is 2. The molecule has 1 atom stereocenters. The van der Waals surface area contributed by atoms with Gasteiger partial charge in [0.05, 0.1) is 22.0 Å². The summed E-state index contributed by atoms with van der Waals surface area (Å²) in [4.78, 5) is 25.7. The first-order chi connectivity index (χ1) is 15.5. The fraction of sp³-hybridized carbons (Fsp3) is 0.333. The number of carbonyl (C=O) groups excluding carboxylic acids is 1. The lowest BCUT2D eigenvalue weighted by atomic mass is 9.83. The van der Waals surface area contributed by atoms with Crippen molar-refractivity contribution in [3.63, 3.8) is 0 Å². The molecular formula is C24H21ClF3NO4. The van der Waals surface area contributed by atoms with Crippen molar-refractivity contribution < 1.29 is 33.0 Å². The van der Waals surface area contributed by atoms with E-state index in [4.69, 9.17) is 11.6 Å². The quantitative estimate of drug-likeness (QED) is 0.455. The van der Waals surface area contributed by atoms with Gasteiger partial charge in [0, 0.05) is 16.6 Å². The van der Waals surface area contributed by atoms with E-state index in [2.05, 4.69) is 0 Å². The highest BCUT2D eigenvalue weighted by Crippen LogP contribution is 2.44. The molecule has 2 N–H and O–H groups in total. The van der Waals surface area contributed by atoms with Crippen molar-refractivity contribution in [3.8, 4) is 5.75 Å². The second kappa shape index (κ2) is 8.41. The van der Waals surface area contributed by atoms with Gasteiger partial charge in [-0.15, -0.1) is 0 Å². The Bertz CT molecular complexity index is 1240. The minimum absolute atomic E-state index is 0.00601. The smallest absolute Gasteiger partial charge is 0.416 e. The Kier molecular flexibility index (Phi) is 5.90. The number of nitrogens with zero attached hydrogens (tertiary/aromatic N) is 1. The fourth-order valence-corrected chi connectivity index (χ4v) is 5.04. The third-order valence-electron chi connectivity index (χ3n) is 6.43. The van der Waals surface area contributed by atoms with E-state index in [1.54, 1.807) is 6.92 Å². The Hall–Kier alpha value is -3.00. The number of aromatic hydroxyl groups is 1. The number of phenolic OH excluding ortho intramolecular Hbond substituents is 1. The first-order valence-corrected chi connectivity index (χ1v) is 10.9. The van der Waals surface area contributed by atoms with E-state index >= 15 is 0 Å². The highest BCUT2D eigenvalue weighted by atomic mass is 35.5. The highest BCUT2D eigenvalue weighted by Gasteiger charge is 2.37. The molecule has 0 spiro atoms. The van der Waals surface area contributed by atoms with Crippen LogP contribution in [-0.2, 0) is 11.0 Å². The molecular weight excluding hydrogens is 459 g/mol. The van der Waals surface area contributed by atoms with Crippen molar-refractivity contribution in [2.24, 2.45) is 5.92 Å². The number of phenols is 1. The number of halogens is 4. The molecule has 1 aliphatic rings. The number of carbonyl (C=O) groups is 2. The van der Waals surface area contributed by atoms with Gasteiger partial charge in [-0.05, 0) is 67.6 Å². The Labute approximate surface area is 192 Å². The van der Waals surface area contributed by atoms with Gasteiger partial charge in [-0.1, -0.05) is 24.4 Å². The molecule has 2 aromatic carbocycles. The van der Waals surface area contributed by atoms with Crippen LogP contribution in [0.3, 0.4) is 0 Å². The minimum Gasteiger partial charge on any atom is -0.506 e. The standard InChI is InChI=1S/C24H21ClF3NO4/c1-12-20(21(23(32)33)13-4-2-3-5-13)16-10-19(30)17(25)11-18(16)29(12)22(31)14-6-8-15(9-7-14)24(26,27)28/h6-11,13,21,30H,2-5H2,1H3,(H,32,33). The van der Waals surface area contributed by atoms with Crippen molar-refractivity contribution >= 4 is 34.4 Å². The number of hydrogen-bond acceptors (Lipinski definition) is 3. The summed E-state index contributed by atoms with van der Waals surface area (Å²) in [6.07, 6.45) is -1.25. The number of fused-ring (bicyclic) bond motifs is 1. The summed E-state index contributed by atoms with van der Waals surface area (Å²) >= 11 is 6.10. The third kappa shape index (κ3) is 4.08. The van der Waals surface area contributed by atoms with E-state index in [9.17, 15) is 33.0 Å². The summed E-state index contributed by atoms with van der Waals surface area (Å²) in [5.41, 5.74) is 0.187. The van der Waals surface area contributed by atoms with Gasteiger partial charge in [0.1, 0.15) is 5.75 Å². The van der Waals surface area contributed by atoms with Crippen LogP contribution in [0, 0.1) is 12.8 Å². The van der Waals surface area contributed by atoms with Gasteiger partial charge in [0.25, 0.3) is 5.91 Å². The van der Waals surface area contributed by atoms with Crippen LogP contribution >= 0.6 is 11.6 Å². The summed E-state index contributed by atoms with van der Waals surface area (Å²) in [5.74, 6) is -2.91. The van der Waals surface area contributed by atoms with Crippen LogP contribution in [0.15, 0.2) is 36.4 Å². The lowest BCUT2D eigenvalue weighted by Crippen LogP contribution is -2.21. The predicted molar refractivity (Wildman–Crippen MR) is 117 cm³/mol. The van der Waals surface area contributed by atoms with E-state index in [1.807, 2.05) is 0 Å². The number of aromatic nitrogens is 1. The lowest BCUT2D eigenvalue weighted by molar-refractivity contribution is -0.140. The molecule has 1 aromatic heterocycles. The molecule has 1 aliphatic carbocycles. The van der Waals surface area contributed by atoms with Crippen molar-refractivity contribution in [1.29, 1.82) is 0 Å². The molecule has 3 aromatic rings. The average molecular weight is 480 g/mol. The van der Waals surface area contributed by atoms with Gasteiger partial charge in [0.15, 0.2) is 0 Å². The number of alkyl halides is 3. The Balaban J connectivity index is 1.92. The zero-order valence-corrected chi connectivity index (χ0v) is 18.4. The molecule has 1 unspecified atom stereocenters. The van der Waals surface area contributed by atoms with Crippen LogP contribution in [-0.4, -0.2) is 26.7 Å². The normalized spacial score (nSPS) is 15.8. The molecule has 33 heavy (non-hydrogen) atoms. The Morgan fingerprint density at radius 1 is 1.12 bits per heavy atom. The third-order valence-corrected chi connectivity index (χ3v) is 6.73. The fourth-order valence-electron chi connectivity index (χ4n) is 4.88. The predicted octanol–water partition coefficient (Wildman–Crippen LogP) is 6.37. The maximum Gasteiger partial charge on any atom is 0.416 e. The average Bonchev–Trinajstić information content (AvgIpc) is 3.35. The first-order valence-electron chi connectivity index (χ1n) is 10.5. The summed E-state index contributed by atoms with van der Waals surface area (Å²) < 4.78 is 40.1. The summed E-state index contributed by atoms with van der Waals surface area (Å²) in [5, 5.41) is 20.6. The number of carboxylic acids is 1. The second-order valence-corrected chi connectivity index (χ2v) is 8.80. The van der Waals surface area contributed by atoms with Crippen molar-refractivity contribution in [3.05, 3.63) is 63.8 Å². The number of carboxylic acid groups (broad SMARTS) is 1. The van der Waals surface area contributed by atoms with Gasteiger partial charge in [-0.25, -0.2) is 0 Å². The first kappa shape index (κ1) is 23.2. The number of hydrogen-bond donors (Lipinski definition) is 2. The molecule has 1 saturated carbocycles. The lowest BCUT2D eigenvalue weighted by Gasteiger charge is -2.20. The van der Waals surface area contributed by atoms with Crippen molar-refractivity contribution in [1.82, 2.24) is 4.57 Å². The number of aliphatic carboxylic acids is 1. The molecule has 0 amide bonds. The summed E-state index contributed by atoms with van der Waals surface area (Å²) in [6, 6.07) is 6.55. The van der Waals surface area contributed by atoms with E-state index in [-0.39, 0.29) is 22.3 Å². The summed E-state index contributed by atoms with van der Waals surface area (Å²) in [6.45, 7) is 1.60. The zero-order valence-electron chi connectivity index (χ0n) is 17.6. The molecule has 0 radical (unpaired) electrons. The van der Waals surface area contributed by atoms with Crippen molar-refractivity contribution in [2.75, 3.05) is 0 Å². The second-order valence-electron chi connectivity index (χ2n) is 8.40. The van der Waals surface area contributed by atoms with Crippen LogP contribution in [0.4, 0.5) is 13.2 Å². The maximum atomic E-state index is 13.4. The molecule has 0 saturated heterocycles. The van der Waals surface area contributed by atoms with Gasteiger partial charge < -0.3 is 10.2 Å². The van der Waals surface area contributed by atoms with Gasteiger partial charge in [0.2, 0.25) is 0 Å². The van der Waals surface area contributed by atoms with Crippen LogP contribution < -0.4 is 0 Å². The maximum absolute atomic E-state index is 13.4. The van der Waals surface area contributed by atoms with E-state index in [0.29, 0.717) is 22.2 Å². The topological polar surface area (TPSA) is 79.5 Å². The highest BCUT2D eigenvalue weighted by molar-refractivity contribution is 6.33. The molecule has 9 heteroatoms.